The molecule has 1 unspecified atom stereocenters. The van der Waals surface area contributed by atoms with Crippen LogP contribution < -0.4 is 0 Å². The van der Waals surface area contributed by atoms with Crippen molar-refractivity contribution in [1.82, 2.24) is 0 Å². The lowest BCUT2D eigenvalue weighted by Gasteiger charge is -2.01. The summed E-state index contributed by atoms with van der Waals surface area (Å²) in [6.07, 6.45) is 1.49. The molecule has 0 heterocycles. The Balaban J connectivity index is 3.30. The van der Waals surface area contributed by atoms with Gasteiger partial charge in [0.05, 0.1) is 0 Å². The molecular formula is C6H9BrO3. The summed E-state index contributed by atoms with van der Waals surface area (Å²) in [5, 5.41) is 0. The maximum atomic E-state index is 10.6. The molecule has 4 heteroatoms. The standard InChI is InChI=1S/C6H9BrO3/c1-3-4-9-10-6(8)5(2)7/h3,5H,1,4H2,2H3. The SMILES string of the molecule is C=CCOOC(=O)C(C)Br. The third-order valence-corrected chi connectivity index (χ3v) is 1.03. The number of alkyl halides is 1. The van der Waals surface area contributed by atoms with Crippen LogP contribution in [0.1, 0.15) is 6.92 Å². The van der Waals surface area contributed by atoms with Gasteiger partial charge in [-0.25, -0.2) is 4.79 Å². The van der Waals surface area contributed by atoms with Gasteiger partial charge in [0.15, 0.2) is 0 Å². The van der Waals surface area contributed by atoms with E-state index in [0.717, 1.165) is 0 Å². The molecule has 0 amide bonds. The number of carbonyl (C=O) groups is 1. The van der Waals surface area contributed by atoms with Crippen molar-refractivity contribution in [2.75, 3.05) is 6.61 Å². The second-order valence-electron chi connectivity index (χ2n) is 1.59. The van der Waals surface area contributed by atoms with E-state index in [0.29, 0.717) is 0 Å². The highest BCUT2D eigenvalue weighted by atomic mass is 79.9. The van der Waals surface area contributed by atoms with Crippen molar-refractivity contribution in [2.45, 2.75) is 11.8 Å². The van der Waals surface area contributed by atoms with Gasteiger partial charge >= 0.3 is 5.97 Å². The van der Waals surface area contributed by atoms with E-state index in [1.54, 1.807) is 6.92 Å². The van der Waals surface area contributed by atoms with Crippen LogP contribution in [0.4, 0.5) is 0 Å². The summed E-state index contributed by atoms with van der Waals surface area (Å²) < 4.78 is 0. The molecule has 0 aliphatic heterocycles. The Labute approximate surface area is 68.1 Å². The van der Waals surface area contributed by atoms with E-state index in [4.69, 9.17) is 0 Å². The van der Waals surface area contributed by atoms with Crippen LogP contribution in [0, 0.1) is 0 Å². The van der Waals surface area contributed by atoms with Crippen molar-refractivity contribution >= 4 is 21.9 Å². The van der Waals surface area contributed by atoms with E-state index >= 15 is 0 Å². The second-order valence-corrected chi connectivity index (χ2v) is 2.97. The summed E-state index contributed by atoms with van der Waals surface area (Å²) in [6, 6.07) is 0. The lowest BCUT2D eigenvalue weighted by atomic mass is 10.5. The highest BCUT2D eigenvalue weighted by Gasteiger charge is 2.10. The predicted molar refractivity (Wildman–Crippen MR) is 40.6 cm³/mol. The van der Waals surface area contributed by atoms with Crippen molar-refractivity contribution in [3.05, 3.63) is 12.7 Å². The van der Waals surface area contributed by atoms with Gasteiger partial charge in [-0.05, 0) is 6.92 Å². The van der Waals surface area contributed by atoms with Crippen LogP contribution in [0.2, 0.25) is 0 Å². The Morgan fingerprint density at radius 3 is 2.90 bits per heavy atom. The molecule has 0 bridgehead atoms. The average Bonchev–Trinajstić information content (AvgIpc) is 1.88. The van der Waals surface area contributed by atoms with Crippen LogP contribution in [-0.4, -0.2) is 17.4 Å². The topological polar surface area (TPSA) is 35.5 Å². The van der Waals surface area contributed by atoms with Gasteiger partial charge in [-0.1, -0.05) is 22.0 Å². The van der Waals surface area contributed by atoms with Crippen molar-refractivity contribution in [2.24, 2.45) is 0 Å². The number of rotatable bonds is 4. The largest absolute Gasteiger partial charge is 0.355 e. The normalized spacial score (nSPS) is 12.2. The first kappa shape index (κ1) is 9.65. The van der Waals surface area contributed by atoms with Gasteiger partial charge < -0.3 is 0 Å². The quantitative estimate of drug-likeness (QED) is 0.231. The molecule has 0 aromatic carbocycles. The number of halogens is 1. The third kappa shape index (κ3) is 4.52. The molecule has 0 aliphatic rings. The summed E-state index contributed by atoms with van der Waals surface area (Å²) in [4.78, 5) is 18.9. The van der Waals surface area contributed by atoms with Crippen molar-refractivity contribution in [3.8, 4) is 0 Å². The summed E-state index contributed by atoms with van der Waals surface area (Å²) >= 11 is 3.01. The first-order chi connectivity index (χ1) is 4.68. The summed E-state index contributed by atoms with van der Waals surface area (Å²) in [7, 11) is 0. The van der Waals surface area contributed by atoms with E-state index in [9.17, 15) is 4.79 Å². The predicted octanol–water partition coefficient (Wildman–Crippen LogP) is 1.43. The van der Waals surface area contributed by atoms with Crippen molar-refractivity contribution in [1.29, 1.82) is 0 Å². The summed E-state index contributed by atoms with van der Waals surface area (Å²) in [5.74, 6) is -0.443. The minimum Gasteiger partial charge on any atom is -0.297 e. The number of hydrogen-bond acceptors (Lipinski definition) is 3. The zero-order chi connectivity index (χ0) is 7.98. The Hall–Kier alpha value is -0.350. The molecule has 0 N–H and O–H groups in total. The average molecular weight is 209 g/mol. The highest BCUT2D eigenvalue weighted by molar-refractivity contribution is 9.10. The molecule has 0 aromatic heterocycles. The number of carbonyl (C=O) groups excluding carboxylic acids is 1. The molecule has 0 aliphatic carbocycles. The molecule has 0 saturated heterocycles. The van der Waals surface area contributed by atoms with Crippen LogP contribution in [0.3, 0.4) is 0 Å². The first-order valence-electron chi connectivity index (χ1n) is 2.76. The Morgan fingerprint density at radius 1 is 1.90 bits per heavy atom. The van der Waals surface area contributed by atoms with Crippen LogP contribution in [-0.2, 0) is 14.6 Å². The molecule has 1 atom stereocenters. The van der Waals surface area contributed by atoms with Crippen LogP contribution in [0.25, 0.3) is 0 Å². The third-order valence-electron chi connectivity index (χ3n) is 0.652. The van der Waals surface area contributed by atoms with E-state index in [2.05, 4.69) is 32.3 Å². The van der Waals surface area contributed by atoms with Gasteiger partial charge in [-0.2, -0.15) is 4.89 Å². The van der Waals surface area contributed by atoms with E-state index in [1.807, 2.05) is 0 Å². The minimum atomic E-state index is -0.443. The van der Waals surface area contributed by atoms with E-state index < -0.39 is 5.97 Å². The Morgan fingerprint density at radius 2 is 2.50 bits per heavy atom. The minimum absolute atomic E-state index is 0.214. The van der Waals surface area contributed by atoms with Gasteiger partial charge in [0.25, 0.3) is 0 Å². The van der Waals surface area contributed by atoms with Gasteiger partial charge in [-0.3, -0.25) is 4.89 Å². The van der Waals surface area contributed by atoms with Crippen LogP contribution >= 0.6 is 15.9 Å². The number of hydrogen-bond donors (Lipinski definition) is 0. The zero-order valence-corrected chi connectivity index (χ0v) is 7.26. The van der Waals surface area contributed by atoms with Crippen molar-refractivity contribution in [3.63, 3.8) is 0 Å². The van der Waals surface area contributed by atoms with Gasteiger partial charge in [0, 0.05) is 0 Å². The molecule has 0 radical (unpaired) electrons. The van der Waals surface area contributed by atoms with E-state index in [-0.39, 0.29) is 11.4 Å². The Bertz CT molecular complexity index is 122. The lowest BCUT2D eigenvalue weighted by Crippen LogP contribution is -2.14. The fourth-order valence-electron chi connectivity index (χ4n) is 0.207. The van der Waals surface area contributed by atoms with Gasteiger partial charge in [0.2, 0.25) is 0 Å². The molecule has 3 nitrogen and oxygen atoms in total. The second kappa shape index (κ2) is 5.44. The first-order valence-corrected chi connectivity index (χ1v) is 3.68. The fraction of sp³-hybridized carbons (Fsp3) is 0.500. The molecule has 58 valence electrons. The zero-order valence-electron chi connectivity index (χ0n) is 5.67. The van der Waals surface area contributed by atoms with Crippen LogP contribution in [0.15, 0.2) is 12.7 Å². The maximum Gasteiger partial charge on any atom is 0.355 e. The molecule has 0 aromatic rings. The van der Waals surface area contributed by atoms with Gasteiger partial charge in [-0.15, -0.1) is 6.58 Å². The summed E-state index contributed by atoms with van der Waals surface area (Å²) in [6.45, 7) is 5.24. The van der Waals surface area contributed by atoms with Gasteiger partial charge in [0.1, 0.15) is 11.4 Å². The maximum absolute atomic E-state index is 10.6. The highest BCUT2D eigenvalue weighted by Crippen LogP contribution is 1.99. The molecule has 0 saturated carbocycles. The molecule has 0 rings (SSSR count). The molecule has 0 spiro atoms. The monoisotopic (exact) mass is 208 g/mol. The van der Waals surface area contributed by atoms with Crippen molar-refractivity contribution < 1.29 is 14.6 Å². The Kier molecular flexibility index (Phi) is 5.25. The molecular weight excluding hydrogens is 200 g/mol. The summed E-state index contributed by atoms with van der Waals surface area (Å²) in [5.41, 5.74) is 0. The molecule has 10 heavy (non-hydrogen) atoms. The fourth-order valence-corrected chi connectivity index (χ4v) is 0.283. The van der Waals surface area contributed by atoms with E-state index in [1.165, 1.54) is 6.08 Å². The van der Waals surface area contributed by atoms with Crippen LogP contribution in [0.5, 0.6) is 0 Å². The lowest BCUT2D eigenvalue weighted by molar-refractivity contribution is -0.264. The molecule has 0 fully saturated rings. The smallest absolute Gasteiger partial charge is 0.297 e.